The van der Waals surface area contributed by atoms with Crippen molar-refractivity contribution in [2.24, 2.45) is 0 Å². The first-order chi connectivity index (χ1) is 7.18. The molecule has 0 saturated carbocycles. The van der Waals surface area contributed by atoms with Crippen LogP contribution in [0.3, 0.4) is 0 Å². The first-order valence-electron chi connectivity index (χ1n) is 4.42. The van der Waals surface area contributed by atoms with Crippen LogP contribution in [0.1, 0.15) is 5.56 Å². The maximum Gasteiger partial charge on any atom is 0.307 e. The second-order valence-corrected chi connectivity index (χ2v) is 4.03. The average molecular weight is 266 g/mol. The van der Waals surface area contributed by atoms with Crippen LogP contribution in [-0.4, -0.2) is 16.1 Å². The standard InChI is InChI=1S/C11H8BrNO2/c12-9-4-3-7(6-10(14)15)8-2-1-5-13-11(8)9/h1-5H,6H2,(H,14,15). The third kappa shape index (κ3) is 1.99. The minimum Gasteiger partial charge on any atom is -0.481 e. The van der Waals surface area contributed by atoms with Crippen molar-refractivity contribution >= 4 is 32.8 Å². The van der Waals surface area contributed by atoms with Gasteiger partial charge in [-0.1, -0.05) is 12.1 Å². The monoisotopic (exact) mass is 265 g/mol. The van der Waals surface area contributed by atoms with Crippen LogP contribution in [0.15, 0.2) is 34.9 Å². The molecule has 1 heterocycles. The summed E-state index contributed by atoms with van der Waals surface area (Å²) >= 11 is 3.39. The highest BCUT2D eigenvalue weighted by Crippen LogP contribution is 2.25. The summed E-state index contributed by atoms with van der Waals surface area (Å²) in [6.45, 7) is 0. The molecule has 4 heteroatoms. The van der Waals surface area contributed by atoms with Crippen molar-refractivity contribution in [3.05, 3.63) is 40.5 Å². The SMILES string of the molecule is O=C(O)Cc1ccc(Br)c2ncccc12. The molecule has 1 N–H and O–H groups in total. The van der Waals surface area contributed by atoms with Gasteiger partial charge >= 0.3 is 5.97 Å². The molecule has 2 rings (SSSR count). The maximum absolute atomic E-state index is 10.7. The quantitative estimate of drug-likeness (QED) is 0.908. The fraction of sp³-hybridized carbons (Fsp3) is 0.0909. The number of nitrogens with zero attached hydrogens (tertiary/aromatic N) is 1. The van der Waals surface area contributed by atoms with Crippen LogP contribution in [-0.2, 0) is 11.2 Å². The van der Waals surface area contributed by atoms with Crippen LogP contribution in [0.4, 0.5) is 0 Å². The summed E-state index contributed by atoms with van der Waals surface area (Å²) in [6.07, 6.45) is 1.72. The number of benzene rings is 1. The van der Waals surface area contributed by atoms with E-state index in [2.05, 4.69) is 20.9 Å². The van der Waals surface area contributed by atoms with Gasteiger partial charge in [-0.25, -0.2) is 0 Å². The lowest BCUT2D eigenvalue weighted by atomic mass is 10.1. The molecule has 15 heavy (non-hydrogen) atoms. The minimum absolute atomic E-state index is 0.0233. The van der Waals surface area contributed by atoms with Crippen LogP contribution >= 0.6 is 15.9 Å². The largest absolute Gasteiger partial charge is 0.481 e. The van der Waals surface area contributed by atoms with E-state index in [1.54, 1.807) is 12.3 Å². The second kappa shape index (κ2) is 3.98. The van der Waals surface area contributed by atoms with Gasteiger partial charge in [0.05, 0.1) is 11.9 Å². The fourth-order valence-corrected chi connectivity index (χ4v) is 1.96. The molecule has 0 spiro atoms. The molecular weight excluding hydrogens is 258 g/mol. The molecular formula is C11H8BrNO2. The van der Waals surface area contributed by atoms with Crippen molar-refractivity contribution in [3.63, 3.8) is 0 Å². The summed E-state index contributed by atoms with van der Waals surface area (Å²) < 4.78 is 0.882. The van der Waals surface area contributed by atoms with E-state index in [1.165, 1.54) is 0 Å². The van der Waals surface area contributed by atoms with Gasteiger partial charge in [0.25, 0.3) is 0 Å². The van der Waals surface area contributed by atoms with Crippen LogP contribution in [0, 0.1) is 0 Å². The fourth-order valence-electron chi connectivity index (χ4n) is 1.51. The van der Waals surface area contributed by atoms with E-state index in [0.717, 1.165) is 20.9 Å². The lowest BCUT2D eigenvalue weighted by molar-refractivity contribution is -0.136. The zero-order chi connectivity index (χ0) is 10.8. The predicted octanol–water partition coefficient (Wildman–Crippen LogP) is 2.62. The van der Waals surface area contributed by atoms with E-state index >= 15 is 0 Å². The topological polar surface area (TPSA) is 50.2 Å². The lowest BCUT2D eigenvalue weighted by Crippen LogP contribution is -2.01. The highest BCUT2D eigenvalue weighted by Gasteiger charge is 2.07. The van der Waals surface area contributed by atoms with Gasteiger partial charge in [0.2, 0.25) is 0 Å². The molecule has 1 aromatic carbocycles. The van der Waals surface area contributed by atoms with Gasteiger partial charge < -0.3 is 5.11 Å². The molecule has 0 aliphatic rings. The summed E-state index contributed by atoms with van der Waals surface area (Å²) in [7, 11) is 0. The number of aliphatic carboxylic acids is 1. The molecule has 76 valence electrons. The van der Waals surface area contributed by atoms with E-state index in [0.29, 0.717) is 0 Å². The number of rotatable bonds is 2. The third-order valence-electron chi connectivity index (χ3n) is 2.15. The lowest BCUT2D eigenvalue weighted by Gasteiger charge is -2.04. The first-order valence-corrected chi connectivity index (χ1v) is 5.21. The zero-order valence-corrected chi connectivity index (χ0v) is 9.36. The molecule has 0 atom stereocenters. The predicted molar refractivity (Wildman–Crippen MR) is 60.8 cm³/mol. The van der Waals surface area contributed by atoms with E-state index in [-0.39, 0.29) is 6.42 Å². The Morgan fingerprint density at radius 3 is 2.93 bits per heavy atom. The number of halogens is 1. The van der Waals surface area contributed by atoms with Gasteiger partial charge in [0.15, 0.2) is 0 Å². The van der Waals surface area contributed by atoms with Crippen molar-refractivity contribution in [2.75, 3.05) is 0 Å². The van der Waals surface area contributed by atoms with E-state index in [9.17, 15) is 4.79 Å². The number of carbonyl (C=O) groups is 1. The van der Waals surface area contributed by atoms with Crippen molar-refractivity contribution in [2.45, 2.75) is 6.42 Å². The summed E-state index contributed by atoms with van der Waals surface area (Å²) in [5.41, 5.74) is 1.59. The Morgan fingerprint density at radius 1 is 1.40 bits per heavy atom. The molecule has 0 radical (unpaired) electrons. The molecule has 0 amide bonds. The normalized spacial score (nSPS) is 10.5. The Balaban J connectivity index is 2.66. The van der Waals surface area contributed by atoms with Crippen molar-refractivity contribution < 1.29 is 9.90 Å². The third-order valence-corrected chi connectivity index (χ3v) is 2.79. The summed E-state index contributed by atoms with van der Waals surface area (Å²) in [5.74, 6) is -0.831. The number of carboxylic acids is 1. The number of hydrogen-bond donors (Lipinski definition) is 1. The van der Waals surface area contributed by atoms with E-state index < -0.39 is 5.97 Å². The molecule has 1 aromatic heterocycles. The number of fused-ring (bicyclic) bond motifs is 1. The Hall–Kier alpha value is -1.42. The molecule has 0 unspecified atom stereocenters. The molecule has 0 bridgehead atoms. The van der Waals surface area contributed by atoms with Gasteiger partial charge in [-0.05, 0) is 33.6 Å². The minimum atomic E-state index is -0.831. The first kappa shape index (κ1) is 10.1. The van der Waals surface area contributed by atoms with Gasteiger partial charge in [0.1, 0.15) is 0 Å². The summed E-state index contributed by atoms with van der Waals surface area (Å²) in [6, 6.07) is 7.32. The highest BCUT2D eigenvalue weighted by molar-refractivity contribution is 9.10. The highest BCUT2D eigenvalue weighted by atomic mass is 79.9. The van der Waals surface area contributed by atoms with E-state index in [4.69, 9.17) is 5.11 Å². The molecule has 0 saturated heterocycles. The summed E-state index contributed by atoms with van der Waals surface area (Å²) in [5, 5.41) is 9.65. The zero-order valence-electron chi connectivity index (χ0n) is 7.77. The number of carboxylic acid groups (broad SMARTS) is 1. The summed E-state index contributed by atoms with van der Waals surface area (Å²) in [4.78, 5) is 14.9. The maximum atomic E-state index is 10.7. The second-order valence-electron chi connectivity index (χ2n) is 3.18. The van der Waals surface area contributed by atoms with Crippen molar-refractivity contribution in [1.29, 1.82) is 0 Å². The smallest absolute Gasteiger partial charge is 0.307 e. The molecule has 0 fully saturated rings. The van der Waals surface area contributed by atoms with E-state index in [1.807, 2.05) is 18.2 Å². The van der Waals surface area contributed by atoms with Crippen LogP contribution in [0.25, 0.3) is 10.9 Å². The van der Waals surface area contributed by atoms with Gasteiger partial charge in [-0.2, -0.15) is 0 Å². The molecule has 0 aliphatic heterocycles. The van der Waals surface area contributed by atoms with Crippen LogP contribution in [0.2, 0.25) is 0 Å². The number of pyridine rings is 1. The van der Waals surface area contributed by atoms with Gasteiger partial charge in [-0.15, -0.1) is 0 Å². The van der Waals surface area contributed by atoms with Gasteiger partial charge in [0, 0.05) is 16.1 Å². The van der Waals surface area contributed by atoms with Crippen LogP contribution < -0.4 is 0 Å². The van der Waals surface area contributed by atoms with Crippen molar-refractivity contribution in [1.82, 2.24) is 4.98 Å². The molecule has 2 aromatic rings. The number of aromatic nitrogens is 1. The molecule has 3 nitrogen and oxygen atoms in total. The average Bonchev–Trinajstić information content (AvgIpc) is 2.22. The Bertz CT molecular complexity index is 525. The Kier molecular flexibility index (Phi) is 2.68. The Labute approximate surface area is 94.9 Å². The van der Waals surface area contributed by atoms with Crippen molar-refractivity contribution in [3.8, 4) is 0 Å². The van der Waals surface area contributed by atoms with Gasteiger partial charge in [-0.3, -0.25) is 9.78 Å². The molecule has 0 aliphatic carbocycles. The number of hydrogen-bond acceptors (Lipinski definition) is 2. The Morgan fingerprint density at radius 2 is 2.20 bits per heavy atom. The van der Waals surface area contributed by atoms with Crippen LogP contribution in [0.5, 0.6) is 0 Å².